The first-order valence-corrected chi connectivity index (χ1v) is 4.31. The molecule has 0 aliphatic carbocycles. The minimum Gasteiger partial charge on any atom is -0.396 e. The van der Waals surface area contributed by atoms with Crippen LogP contribution in [0.1, 0.15) is 0 Å². The number of hydrogen-bond acceptors (Lipinski definition) is 5. The summed E-state index contributed by atoms with van der Waals surface area (Å²) in [5.74, 6) is 0.140. The molecule has 1 atom stereocenters. The summed E-state index contributed by atoms with van der Waals surface area (Å²) in [6, 6.07) is 2.78. The van der Waals surface area contributed by atoms with Crippen LogP contribution in [0.2, 0.25) is 0 Å². The molecule has 0 spiro atoms. The van der Waals surface area contributed by atoms with Crippen LogP contribution < -0.4 is 16.8 Å². The predicted octanol–water partition coefficient (Wildman–Crippen LogP) is 0.581. The van der Waals surface area contributed by atoms with Gasteiger partial charge in [0.25, 0.3) is 0 Å². The van der Waals surface area contributed by atoms with Crippen LogP contribution in [0.15, 0.2) is 12.1 Å². The molecular weight excluding hydrogens is 225 g/mol. The van der Waals surface area contributed by atoms with Gasteiger partial charge < -0.3 is 21.9 Å². The quantitative estimate of drug-likeness (QED) is 0.615. The normalized spacial score (nSPS) is 13.5. The lowest BCUT2D eigenvalue weighted by atomic mass is 10.3. The van der Waals surface area contributed by atoms with E-state index in [2.05, 4.69) is 10.3 Å². The largest absolute Gasteiger partial charge is 0.416 e. The summed E-state index contributed by atoms with van der Waals surface area (Å²) in [7, 11) is 0. The molecule has 0 saturated carbocycles. The van der Waals surface area contributed by atoms with Crippen molar-refractivity contribution in [2.24, 2.45) is 0 Å². The van der Waals surface area contributed by atoms with E-state index in [4.69, 9.17) is 16.6 Å². The Morgan fingerprint density at radius 2 is 2.00 bits per heavy atom. The van der Waals surface area contributed by atoms with Gasteiger partial charge in [-0.25, -0.2) is 4.98 Å². The molecule has 0 aliphatic rings. The number of nitrogens with one attached hydrogen (secondary N) is 1. The van der Waals surface area contributed by atoms with Crippen molar-refractivity contribution >= 4 is 17.3 Å². The summed E-state index contributed by atoms with van der Waals surface area (Å²) >= 11 is 0. The highest BCUT2D eigenvalue weighted by molar-refractivity contribution is 5.61. The maximum atomic E-state index is 11.9. The Kier molecular flexibility index (Phi) is 3.43. The number of hydrogen-bond donors (Lipinski definition) is 4. The average molecular weight is 236 g/mol. The first-order chi connectivity index (χ1) is 7.30. The van der Waals surface area contributed by atoms with Crippen molar-refractivity contribution in [3.63, 3.8) is 0 Å². The van der Waals surface area contributed by atoms with E-state index in [9.17, 15) is 13.2 Å². The molecule has 1 unspecified atom stereocenters. The zero-order valence-corrected chi connectivity index (χ0v) is 8.12. The second kappa shape index (κ2) is 4.44. The zero-order chi connectivity index (χ0) is 12.3. The van der Waals surface area contributed by atoms with Gasteiger partial charge in [0.05, 0.1) is 12.2 Å². The number of aliphatic hydroxyl groups excluding tert-OH is 1. The fraction of sp³-hybridized carbons (Fsp3) is 0.375. The van der Waals surface area contributed by atoms with Gasteiger partial charge in [0.2, 0.25) is 0 Å². The first kappa shape index (κ1) is 12.4. The molecule has 16 heavy (non-hydrogen) atoms. The van der Waals surface area contributed by atoms with Crippen LogP contribution in [-0.4, -0.2) is 28.9 Å². The molecule has 0 aliphatic heterocycles. The topological polar surface area (TPSA) is 97.2 Å². The Labute approximate surface area is 89.3 Å². The van der Waals surface area contributed by atoms with E-state index < -0.39 is 18.8 Å². The number of anilines is 3. The predicted molar refractivity (Wildman–Crippen MR) is 53.6 cm³/mol. The van der Waals surface area contributed by atoms with Gasteiger partial charge in [-0.15, -0.1) is 0 Å². The molecule has 8 heteroatoms. The van der Waals surface area contributed by atoms with Crippen molar-refractivity contribution in [2.75, 3.05) is 23.3 Å². The third kappa shape index (κ3) is 3.16. The smallest absolute Gasteiger partial charge is 0.396 e. The highest BCUT2D eigenvalue weighted by Crippen LogP contribution is 2.20. The Bertz CT molecular complexity index is 369. The maximum Gasteiger partial charge on any atom is 0.416 e. The van der Waals surface area contributed by atoms with E-state index in [0.29, 0.717) is 0 Å². The molecule has 6 N–H and O–H groups in total. The number of nitrogens with two attached hydrogens (primary N) is 2. The highest BCUT2D eigenvalue weighted by atomic mass is 19.4. The van der Waals surface area contributed by atoms with Gasteiger partial charge in [0.15, 0.2) is 6.10 Å². The molecule has 0 saturated heterocycles. The standard InChI is InChI=1S/C8H11F3N4O/c9-8(10,11)5(16)3-14-6-2-1-4(12)7(13)15-6/h1-2,5,16H,3,12H2,(H3,13,14,15). The van der Waals surface area contributed by atoms with E-state index in [1.807, 2.05) is 0 Å². The summed E-state index contributed by atoms with van der Waals surface area (Å²) in [5.41, 5.74) is 11.0. The molecule has 5 nitrogen and oxygen atoms in total. The van der Waals surface area contributed by atoms with Crippen LogP contribution in [0, 0.1) is 0 Å². The number of nitrogens with zero attached hydrogens (tertiary/aromatic N) is 1. The van der Waals surface area contributed by atoms with Gasteiger partial charge >= 0.3 is 6.18 Å². The lowest BCUT2D eigenvalue weighted by Gasteiger charge is -2.15. The number of aliphatic hydroxyl groups is 1. The average Bonchev–Trinajstić information content (AvgIpc) is 2.18. The molecule has 1 rings (SSSR count). The van der Waals surface area contributed by atoms with Gasteiger partial charge in [-0.2, -0.15) is 13.2 Å². The van der Waals surface area contributed by atoms with Gasteiger partial charge in [0.1, 0.15) is 11.6 Å². The SMILES string of the molecule is Nc1ccc(NCC(O)C(F)(F)F)nc1N. The molecule has 0 bridgehead atoms. The van der Waals surface area contributed by atoms with Crippen LogP contribution in [0.4, 0.5) is 30.5 Å². The number of rotatable bonds is 3. The summed E-state index contributed by atoms with van der Waals surface area (Å²) in [6.07, 6.45) is -7.11. The first-order valence-electron chi connectivity index (χ1n) is 4.31. The Balaban J connectivity index is 2.58. The van der Waals surface area contributed by atoms with Gasteiger partial charge in [-0.1, -0.05) is 0 Å². The van der Waals surface area contributed by atoms with Gasteiger partial charge in [-0.3, -0.25) is 0 Å². The Morgan fingerprint density at radius 1 is 1.38 bits per heavy atom. The maximum absolute atomic E-state index is 11.9. The molecule has 0 aromatic carbocycles. The molecule has 0 radical (unpaired) electrons. The Hall–Kier alpha value is -1.70. The molecule has 1 aromatic heterocycles. The molecule has 1 aromatic rings. The van der Waals surface area contributed by atoms with Crippen LogP contribution in [0.5, 0.6) is 0 Å². The summed E-state index contributed by atoms with van der Waals surface area (Å²) in [4.78, 5) is 3.69. The Morgan fingerprint density at radius 3 is 2.50 bits per heavy atom. The molecular formula is C8H11F3N4O. The van der Waals surface area contributed by atoms with Crippen LogP contribution in [0.25, 0.3) is 0 Å². The van der Waals surface area contributed by atoms with E-state index in [0.717, 1.165) is 0 Å². The summed E-state index contributed by atoms with van der Waals surface area (Å²) < 4.78 is 35.8. The lowest BCUT2D eigenvalue weighted by Crippen LogP contribution is -2.35. The van der Waals surface area contributed by atoms with Crippen LogP contribution in [0.3, 0.4) is 0 Å². The fourth-order valence-corrected chi connectivity index (χ4v) is 0.901. The third-order valence-electron chi connectivity index (χ3n) is 1.81. The van der Waals surface area contributed by atoms with Crippen molar-refractivity contribution < 1.29 is 18.3 Å². The van der Waals surface area contributed by atoms with E-state index in [-0.39, 0.29) is 17.3 Å². The molecule has 0 amide bonds. The van der Waals surface area contributed by atoms with Crippen molar-refractivity contribution in [1.82, 2.24) is 4.98 Å². The fourth-order valence-electron chi connectivity index (χ4n) is 0.901. The minimum absolute atomic E-state index is 0.0199. The van der Waals surface area contributed by atoms with Crippen molar-refractivity contribution in [2.45, 2.75) is 12.3 Å². The number of halogens is 3. The second-order valence-corrected chi connectivity index (χ2v) is 3.11. The zero-order valence-electron chi connectivity index (χ0n) is 8.12. The van der Waals surface area contributed by atoms with Crippen molar-refractivity contribution in [1.29, 1.82) is 0 Å². The minimum atomic E-state index is -4.66. The number of nitrogen functional groups attached to an aromatic ring is 2. The van der Waals surface area contributed by atoms with Crippen LogP contribution >= 0.6 is 0 Å². The van der Waals surface area contributed by atoms with Gasteiger partial charge in [-0.05, 0) is 12.1 Å². The van der Waals surface area contributed by atoms with Gasteiger partial charge in [0, 0.05) is 0 Å². The number of alkyl halides is 3. The number of aromatic nitrogens is 1. The van der Waals surface area contributed by atoms with Crippen molar-refractivity contribution in [3.05, 3.63) is 12.1 Å². The van der Waals surface area contributed by atoms with E-state index in [1.54, 1.807) is 0 Å². The molecule has 90 valence electrons. The van der Waals surface area contributed by atoms with Crippen LogP contribution in [-0.2, 0) is 0 Å². The lowest BCUT2D eigenvalue weighted by molar-refractivity contribution is -0.198. The monoisotopic (exact) mass is 236 g/mol. The summed E-state index contributed by atoms with van der Waals surface area (Å²) in [6.45, 7) is -0.695. The summed E-state index contributed by atoms with van der Waals surface area (Å²) in [5, 5.41) is 11.0. The molecule has 1 heterocycles. The highest BCUT2D eigenvalue weighted by Gasteiger charge is 2.37. The van der Waals surface area contributed by atoms with E-state index >= 15 is 0 Å². The van der Waals surface area contributed by atoms with E-state index in [1.165, 1.54) is 12.1 Å². The third-order valence-corrected chi connectivity index (χ3v) is 1.81. The second-order valence-electron chi connectivity index (χ2n) is 3.11. The number of pyridine rings is 1. The van der Waals surface area contributed by atoms with Crippen molar-refractivity contribution in [3.8, 4) is 0 Å². The molecule has 0 fully saturated rings.